The Kier molecular flexibility index (Phi) is 13.1. The highest BCUT2D eigenvalue weighted by atomic mass is 79.9. The maximum atomic E-state index is 13.3. The van der Waals surface area contributed by atoms with Crippen LogP contribution in [0.4, 0.5) is 4.79 Å². The van der Waals surface area contributed by atoms with Crippen LogP contribution in [0.15, 0.2) is 28.9 Å². The molecule has 3 amide bonds. The van der Waals surface area contributed by atoms with Gasteiger partial charge >= 0.3 is 13.6 Å². The molecule has 9 nitrogen and oxygen atoms in total. The Morgan fingerprint density at radius 1 is 1.02 bits per heavy atom. The van der Waals surface area contributed by atoms with Gasteiger partial charge in [-0.05, 0) is 106 Å². The molecule has 12 heteroatoms. The summed E-state index contributed by atoms with van der Waals surface area (Å²) in [5, 5.41) is 0.713. The van der Waals surface area contributed by atoms with Crippen LogP contribution in [0.1, 0.15) is 92.7 Å². The van der Waals surface area contributed by atoms with Crippen molar-refractivity contribution in [1.29, 1.82) is 0 Å². The van der Waals surface area contributed by atoms with E-state index in [1.54, 1.807) is 4.90 Å². The van der Waals surface area contributed by atoms with Crippen molar-refractivity contribution in [3.05, 3.63) is 61.8 Å². The summed E-state index contributed by atoms with van der Waals surface area (Å²) in [6, 6.07) is 5.87. The fourth-order valence-electron chi connectivity index (χ4n) is 7.43. The number of likely N-dealkylation sites (tertiary alicyclic amines) is 2. The molecular weight excluding hydrogens is 715 g/mol. The van der Waals surface area contributed by atoms with Gasteiger partial charge in [0.25, 0.3) is 0 Å². The number of nitrogens with two attached hydrogens (primary N) is 1. The minimum Gasteiger partial charge on any atom is -0.351 e. The zero-order valence-corrected chi connectivity index (χ0v) is 31.3. The van der Waals surface area contributed by atoms with Crippen molar-refractivity contribution in [2.24, 2.45) is 17.6 Å². The van der Waals surface area contributed by atoms with E-state index in [2.05, 4.69) is 39.9 Å². The lowest BCUT2D eigenvalue weighted by molar-refractivity contribution is -0.134. The number of fused-ring (bicyclic) bond motifs is 2. The number of primary amides is 1. The van der Waals surface area contributed by atoms with Gasteiger partial charge in [-0.1, -0.05) is 39.4 Å². The standard InChI is InChI=1S/C36H47BrClN4O5P/c1-3-46-48(45,47-4-2)19-7-5-6-8-26-20-29-10-9-28-22-30(38)23-31(37)33(28)34(35(29)40-24-26)27-13-17-41(18-14-27)32(43)21-25-11-15-42(16-12-25)36(39)44/h20,22-25,27,34H,3-5,7,9-19,21H2,1-2H3,(H2,39,44)/t34-/m1/s1. The highest BCUT2D eigenvalue weighted by molar-refractivity contribution is 9.10. The van der Waals surface area contributed by atoms with Crippen molar-refractivity contribution in [2.75, 3.05) is 45.6 Å². The highest BCUT2D eigenvalue weighted by Crippen LogP contribution is 2.49. The molecular formula is C36H47BrClN4O5P. The summed E-state index contributed by atoms with van der Waals surface area (Å²) in [6.45, 7) is 7.04. The molecule has 1 aliphatic carbocycles. The van der Waals surface area contributed by atoms with Gasteiger partial charge in [0.2, 0.25) is 5.91 Å². The molecule has 2 aliphatic heterocycles. The predicted octanol–water partition coefficient (Wildman–Crippen LogP) is 7.55. The number of urea groups is 1. The Labute approximate surface area is 298 Å². The second-order valence-electron chi connectivity index (χ2n) is 13.0. The third kappa shape index (κ3) is 9.22. The van der Waals surface area contributed by atoms with E-state index >= 15 is 0 Å². The number of halogens is 2. The van der Waals surface area contributed by atoms with Gasteiger partial charge in [-0.3, -0.25) is 14.3 Å². The molecule has 3 aliphatic rings. The van der Waals surface area contributed by atoms with Crippen molar-refractivity contribution in [2.45, 2.75) is 77.6 Å². The van der Waals surface area contributed by atoms with E-state index in [-0.39, 0.29) is 17.9 Å². The lowest BCUT2D eigenvalue weighted by Crippen LogP contribution is -2.44. The number of carbonyl (C=O) groups is 2. The summed E-state index contributed by atoms with van der Waals surface area (Å²) in [4.78, 5) is 33.6. The number of hydrogen-bond acceptors (Lipinski definition) is 6. The van der Waals surface area contributed by atoms with Crippen LogP contribution in [0.3, 0.4) is 0 Å². The van der Waals surface area contributed by atoms with Crippen LogP contribution in [0.25, 0.3) is 0 Å². The smallest absolute Gasteiger partial charge is 0.330 e. The first-order chi connectivity index (χ1) is 23.1. The molecule has 0 radical (unpaired) electrons. The van der Waals surface area contributed by atoms with Gasteiger partial charge in [-0.25, -0.2) is 4.79 Å². The summed E-state index contributed by atoms with van der Waals surface area (Å²) >= 11 is 10.4. The van der Waals surface area contributed by atoms with Crippen molar-refractivity contribution in [3.63, 3.8) is 0 Å². The molecule has 1 aromatic carbocycles. The molecule has 3 heterocycles. The summed E-state index contributed by atoms with van der Waals surface area (Å²) < 4.78 is 24.6. The van der Waals surface area contributed by atoms with Gasteiger partial charge in [0.15, 0.2) is 0 Å². The molecule has 2 saturated heterocycles. The highest BCUT2D eigenvalue weighted by Gasteiger charge is 2.37. The first-order valence-electron chi connectivity index (χ1n) is 17.3. The van der Waals surface area contributed by atoms with E-state index in [1.807, 2.05) is 31.0 Å². The quantitative estimate of drug-likeness (QED) is 0.152. The number of pyridine rings is 1. The second kappa shape index (κ2) is 17.0. The minimum atomic E-state index is -3.06. The third-order valence-corrected chi connectivity index (χ3v) is 12.9. The number of aryl methyl sites for hydroxylation is 2. The Morgan fingerprint density at radius 3 is 2.35 bits per heavy atom. The predicted molar refractivity (Wildman–Crippen MR) is 192 cm³/mol. The van der Waals surface area contributed by atoms with Crippen molar-refractivity contribution in [3.8, 4) is 11.8 Å². The van der Waals surface area contributed by atoms with Crippen LogP contribution >= 0.6 is 35.1 Å². The molecule has 260 valence electrons. The molecule has 1 aromatic heterocycles. The Balaban J connectivity index is 1.28. The van der Waals surface area contributed by atoms with E-state index in [4.69, 9.17) is 31.4 Å². The SMILES string of the molecule is CCOP(=O)(CCCC#Cc1cnc2c(c1)CCc1cc(Cl)cc(Br)c1[C@H]2C1CCN(C(=O)CC2CCN(C(N)=O)CC2)CC1)OCC. The molecule has 1 atom stereocenters. The molecule has 2 fully saturated rings. The Bertz CT molecular complexity index is 1570. The van der Waals surface area contributed by atoms with Crippen LogP contribution in [0.2, 0.25) is 5.02 Å². The number of benzene rings is 1. The first kappa shape index (κ1) is 36.9. The number of hydrogen-bond donors (Lipinski definition) is 1. The number of unbranched alkanes of at least 4 members (excludes halogenated alkanes) is 1. The third-order valence-electron chi connectivity index (χ3n) is 9.82. The number of nitrogens with zero attached hydrogens (tertiary/aromatic N) is 3. The van der Waals surface area contributed by atoms with Gasteiger partial charge < -0.3 is 24.6 Å². The molecule has 2 N–H and O–H groups in total. The van der Waals surface area contributed by atoms with Gasteiger partial charge in [0, 0.05) is 66.2 Å². The Hall–Kier alpha value is -2.41. The summed E-state index contributed by atoms with van der Waals surface area (Å²) in [5.74, 6) is 7.40. The van der Waals surface area contributed by atoms with E-state index in [0.29, 0.717) is 68.6 Å². The van der Waals surface area contributed by atoms with E-state index in [0.717, 1.165) is 67.3 Å². The molecule has 0 bridgehead atoms. The summed E-state index contributed by atoms with van der Waals surface area (Å²) in [7, 11) is -3.06. The molecule has 5 rings (SSSR count). The first-order valence-corrected chi connectivity index (χ1v) is 20.2. The topological polar surface area (TPSA) is 115 Å². The van der Waals surface area contributed by atoms with Gasteiger partial charge in [0.1, 0.15) is 0 Å². The van der Waals surface area contributed by atoms with Crippen LogP contribution < -0.4 is 5.73 Å². The van der Waals surface area contributed by atoms with Gasteiger partial charge in [-0.15, -0.1) is 0 Å². The minimum absolute atomic E-state index is 0.0767. The summed E-state index contributed by atoms with van der Waals surface area (Å²) in [5.41, 5.74) is 11.1. The fourth-order valence-corrected chi connectivity index (χ4v) is 10.2. The lowest BCUT2D eigenvalue weighted by atomic mass is 9.76. The van der Waals surface area contributed by atoms with E-state index < -0.39 is 7.60 Å². The summed E-state index contributed by atoms with van der Waals surface area (Å²) in [6.07, 6.45) is 9.08. The lowest BCUT2D eigenvalue weighted by Gasteiger charge is -2.38. The van der Waals surface area contributed by atoms with E-state index in [1.165, 1.54) is 16.7 Å². The molecule has 0 saturated carbocycles. The number of carbonyl (C=O) groups excluding carboxylic acids is 2. The van der Waals surface area contributed by atoms with Gasteiger partial charge in [-0.2, -0.15) is 0 Å². The molecule has 48 heavy (non-hydrogen) atoms. The van der Waals surface area contributed by atoms with Crippen LogP contribution in [-0.4, -0.2) is 72.3 Å². The number of amides is 3. The second-order valence-corrected chi connectivity index (χ2v) is 16.4. The maximum absolute atomic E-state index is 13.3. The molecule has 0 unspecified atom stereocenters. The number of aromatic nitrogens is 1. The van der Waals surface area contributed by atoms with Crippen molar-refractivity contribution < 1.29 is 23.2 Å². The number of rotatable bonds is 10. The maximum Gasteiger partial charge on any atom is 0.330 e. The normalized spacial score (nSPS) is 18.8. The largest absolute Gasteiger partial charge is 0.351 e. The van der Waals surface area contributed by atoms with Crippen LogP contribution in [-0.2, 0) is 31.2 Å². The van der Waals surface area contributed by atoms with Crippen molar-refractivity contribution in [1.82, 2.24) is 14.8 Å². The van der Waals surface area contributed by atoms with E-state index in [9.17, 15) is 14.2 Å². The Morgan fingerprint density at radius 2 is 1.69 bits per heavy atom. The van der Waals surface area contributed by atoms with Crippen molar-refractivity contribution >= 4 is 47.1 Å². The average Bonchev–Trinajstić information content (AvgIpc) is 3.22. The zero-order chi connectivity index (χ0) is 34.3. The number of piperidine rings is 2. The molecule has 0 spiro atoms. The average molecular weight is 762 g/mol. The van der Waals surface area contributed by atoms with Crippen LogP contribution in [0.5, 0.6) is 0 Å². The zero-order valence-electron chi connectivity index (χ0n) is 28.0. The van der Waals surface area contributed by atoms with Gasteiger partial charge in [0.05, 0.1) is 25.1 Å². The molecule has 2 aromatic rings. The van der Waals surface area contributed by atoms with Crippen LogP contribution in [0, 0.1) is 23.7 Å². The fraction of sp³-hybridized carbons (Fsp3) is 0.583. The monoisotopic (exact) mass is 760 g/mol.